The number of aliphatic carboxylic acids is 1. The first-order valence-corrected chi connectivity index (χ1v) is 11.7. The van der Waals surface area contributed by atoms with Gasteiger partial charge in [0.25, 0.3) is 0 Å². The molecule has 0 atom stereocenters. The fourth-order valence-electron chi connectivity index (χ4n) is 3.59. The Labute approximate surface area is 207 Å². The summed E-state index contributed by atoms with van der Waals surface area (Å²) < 4.78 is 7.93. The molecule has 0 radical (unpaired) electrons. The highest BCUT2D eigenvalue weighted by atomic mass is 35.5. The summed E-state index contributed by atoms with van der Waals surface area (Å²) in [4.78, 5) is 42.0. The molecule has 9 nitrogen and oxygen atoms in total. The van der Waals surface area contributed by atoms with Gasteiger partial charge in [0.15, 0.2) is 0 Å². The van der Waals surface area contributed by atoms with E-state index in [1.807, 2.05) is 0 Å². The lowest BCUT2D eigenvalue weighted by atomic mass is 10.1. The Morgan fingerprint density at radius 2 is 1.77 bits per heavy atom. The summed E-state index contributed by atoms with van der Waals surface area (Å²) in [6.45, 7) is 4.61. The summed E-state index contributed by atoms with van der Waals surface area (Å²) in [5.74, 6) is 0.133. The molecule has 0 saturated heterocycles. The lowest BCUT2D eigenvalue weighted by Gasteiger charge is -2.17. The molecule has 0 bridgehead atoms. The summed E-state index contributed by atoms with van der Waals surface area (Å²) in [7, 11) is 0. The van der Waals surface area contributed by atoms with Gasteiger partial charge in [-0.2, -0.15) is 4.98 Å². The van der Waals surface area contributed by atoms with Crippen LogP contribution in [0.15, 0.2) is 58.1 Å². The Bertz CT molecular complexity index is 1330. The Morgan fingerprint density at radius 3 is 2.34 bits per heavy atom. The molecular formula is C25H27ClN4O5. The van der Waals surface area contributed by atoms with Crippen LogP contribution in [0, 0.1) is 11.3 Å². The van der Waals surface area contributed by atoms with E-state index in [1.165, 1.54) is 4.57 Å². The van der Waals surface area contributed by atoms with Crippen LogP contribution in [0.3, 0.4) is 0 Å². The van der Waals surface area contributed by atoms with E-state index in [9.17, 15) is 19.5 Å². The van der Waals surface area contributed by atoms with Crippen molar-refractivity contribution in [3.05, 3.63) is 80.1 Å². The molecule has 1 heterocycles. The predicted molar refractivity (Wildman–Crippen MR) is 133 cm³/mol. The van der Waals surface area contributed by atoms with E-state index in [1.54, 1.807) is 48.5 Å². The molecule has 0 unspecified atom stereocenters. The van der Waals surface area contributed by atoms with Gasteiger partial charge < -0.3 is 15.2 Å². The number of halogens is 1. The lowest BCUT2D eigenvalue weighted by Crippen LogP contribution is -2.45. The molecule has 0 aliphatic heterocycles. The van der Waals surface area contributed by atoms with Crippen LogP contribution < -0.4 is 21.4 Å². The minimum atomic E-state index is -1.09. The molecule has 1 aliphatic rings. The van der Waals surface area contributed by atoms with Crippen molar-refractivity contribution >= 4 is 29.2 Å². The van der Waals surface area contributed by atoms with E-state index in [-0.39, 0.29) is 19.0 Å². The highest BCUT2D eigenvalue weighted by molar-refractivity contribution is 6.30. The van der Waals surface area contributed by atoms with Crippen LogP contribution in [0.25, 0.3) is 0 Å². The molecule has 1 fully saturated rings. The van der Waals surface area contributed by atoms with E-state index >= 15 is 0 Å². The maximum atomic E-state index is 13.4. The summed E-state index contributed by atoms with van der Waals surface area (Å²) in [6.07, 6.45) is 0.827. The van der Waals surface area contributed by atoms with Gasteiger partial charge in [0, 0.05) is 17.3 Å². The molecule has 184 valence electrons. The topological polar surface area (TPSA) is 115 Å². The normalized spacial score (nSPS) is 14.1. The second-order valence-corrected chi connectivity index (χ2v) is 9.68. The Kier molecular flexibility index (Phi) is 6.98. The number of ether oxygens (including phenoxy) is 1. The number of carboxylic acids is 1. The number of nitrogens with zero attached hydrogens (tertiary/aromatic N) is 3. The summed E-state index contributed by atoms with van der Waals surface area (Å²) in [5.41, 5.74) is -1.15. The number of aromatic nitrogens is 3. The third-order valence-electron chi connectivity index (χ3n) is 5.87. The molecule has 2 N–H and O–H groups in total. The van der Waals surface area contributed by atoms with E-state index < -0.39 is 22.8 Å². The van der Waals surface area contributed by atoms with E-state index in [0.717, 1.165) is 10.1 Å². The first-order valence-electron chi connectivity index (χ1n) is 11.4. The van der Waals surface area contributed by atoms with Crippen LogP contribution in [0.2, 0.25) is 5.02 Å². The van der Waals surface area contributed by atoms with Crippen molar-refractivity contribution in [2.45, 2.75) is 39.8 Å². The third-order valence-corrected chi connectivity index (χ3v) is 6.12. The van der Waals surface area contributed by atoms with E-state index in [2.05, 4.69) is 24.1 Å². The number of hydrogen-bond donors (Lipinski definition) is 2. The van der Waals surface area contributed by atoms with Crippen molar-refractivity contribution in [1.29, 1.82) is 0 Å². The number of carbonyl (C=O) groups is 1. The number of hydrogen-bond acceptors (Lipinski definition) is 6. The molecule has 2 aromatic carbocycles. The second kappa shape index (κ2) is 9.95. The average molecular weight is 499 g/mol. The highest BCUT2D eigenvalue weighted by Gasteiger charge is 2.51. The number of benzene rings is 2. The van der Waals surface area contributed by atoms with Gasteiger partial charge in [0.05, 0.1) is 18.6 Å². The molecule has 0 amide bonds. The molecule has 0 spiro atoms. The van der Waals surface area contributed by atoms with Crippen LogP contribution in [0.4, 0.5) is 11.6 Å². The summed E-state index contributed by atoms with van der Waals surface area (Å²) in [5, 5.41) is 13.1. The summed E-state index contributed by atoms with van der Waals surface area (Å²) >= 11 is 5.99. The maximum Gasteiger partial charge on any atom is 0.354 e. The Balaban J connectivity index is 1.68. The van der Waals surface area contributed by atoms with Gasteiger partial charge in [-0.05, 0) is 60.7 Å². The second-order valence-electron chi connectivity index (χ2n) is 9.24. The van der Waals surface area contributed by atoms with Gasteiger partial charge in [0.2, 0.25) is 5.95 Å². The van der Waals surface area contributed by atoms with Crippen LogP contribution in [0.5, 0.6) is 5.75 Å². The number of carboxylic acid groups (broad SMARTS) is 1. The minimum Gasteiger partial charge on any atom is -0.493 e. The van der Waals surface area contributed by atoms with Crippen molar-refractivity contribution in [3.63, 3.8) is 0 Å². The van der Waals surface area contributed by atoms with E-state index in [0.29, 0.717) is 41.8 Å². The fraction of sp³-hybridized carbons (Fsp3) is 0.360. The zero-order chi connectivity index (χ0) is 25.2. The average Bonchev–Trinajstić information content (AvgIpc) is 3.61. The molecule has 10 heteroatoms. The molecule has 4 rings (SSSR count). The first kappa shape index (κ1) is 24.5. The minimum absolute atomic E-state index is 0.0576. The Hall–Kier alpha value is -3.59. The van der Waals surface area contributed by atoms with E-state index in [4.69, 9.17) is 16.3 Å². The van der Waals surface area contributed by atoms with Crippen molar-refractivity contribution in [2.24, 2.45) is 11.3 Å². The number of anilines is 2. The summed E-state index contributed by atoms with van der Waals surface area (Å²) in [6, 6.07) is 14.1. The van der Waals surface area contributed by atoms with Crippen molar-refractivity contribution < 1.29 is 14.6 Å². The first-order chi connectivity index (χ1) is 16.7. The molecule has 35 heavy (non-hydrogen) atoms. The standard InChI is InChI=1S/C25H27ClN4O5/c1-16(2)14-35-20-9-7-19(8-10-20)27-22-28-23(33)30(15-25(11-12-25)21(31)32)24(34)29(22)13-17-3-5-18(26)6-4-17/h3-10,16H,11-15H2,1-2H3,(H,31,32)(H,27,28,33). The Morgan fingerprint density at radius 1 is 1.11 bits per heavy atom. The highest BCUT2D eigenvalue weighted by Crippen LogP contribution is 2.46. The maximum absolute atomic E-state index is 13.4. The third kappa shape index (κ3) is 5.74. The molecule has 1 aromatic heterocycles. The largest absolute Gasteiger partial charge is 0.493 e. The predicted octanol–water partition coefficient (Wildman–Crippen LogP) is 3.75. The fourth-order valence-corrected chi connectivity index (χ4v) is 3.72. The number of nitrogens with one attached hydrogen (secondary N) is 1. The zero-order valence-electron chi connectivity index (χ0n) is 19.5. The molecule has 1 saturated carbocycles. The number of rotatable bonds is 10. The van der Waals surface area contributed by atoms with Gasteiger partial charge >= 0.3 is 17.3 Å². The van der Waals surface area contributed by atoms with Crippen molar-refractivity contribution in [1.82, 2.24) is 14.1 Å². The monoisotopic (exact) mass is 498 g/mol. The van der Waals surface area contributed by atoms with Crippen LogP contribution >= 0.6 is 11.6 Å². The zero-order valence-corrected chi connectivity index (χ0v) is 20.3. The van der Waals surface area contributed by atoms with Crippen molar-refractivity contribution in [2.75, 3.05) is 11.9 Å². The van der Waals surface area contributed by atoms with Gasteiger partial charge in [-0.25, -0.2) is 14.2 Å². The molecule has 1 aliphatic carbocycles. The van der Waals surface area contributed by atoms with Crippen LogP contribution in [0.1, 0.15) is 32.3 Å². The van der Waals surface area contributed by atoms with Gasteiger partial charge in [-0.15, -0.1) is 0 Å². The lowest BCUT2D eigenvalue weighted by molar-refractivity contribution is -0.143. The molecule has 3 aromatic rings. The van der Waals surface area contributed by atoms with Crippen molar-refractivity contribution in [3.8, 4) is 5.75 Å². The SMILES string of the molecule is CC(C)COc1ccc(Nc2nc(=O)n(CC3(C(=O)O)CC3)c(=O)n2Cc2ccc(Cl)cc2)cc1. The van der Waals surface area contributed by atoms with Gasteiger partial charge in [0.1, 0.15) is 5.75 Å². The quantitative estimate of drug-likeness (QED) is 0.437. The smallest absolute Gasteiger partial charge is 0.354 e. The van der Waals surface area contributed by atoms with Crippen LogP contribution in [-0.2, 0) is 17.9 Å². The van der Waals surface area contributed by atoms with Gasteiger partial charge in [-0.1, -0.05) is 37.6 Å². The van der Waals surface area contributed by atoms with Crippen LogP contribution in [-0.4, -0.2) is 31.8 Å². The molecular weight excluding hydrogens is 472 g/mol. The van der Waals surface area contributed by atoms with Gasteiger partial charge in [-0.3, -0.25) is 9.36 Å².